The van der Waals surface area contributed by atoms with Crippen LogP contribution in [0.25, 0.3) is 5.65 Å². The number of nitrogens with zero attached hydrogens (tertiary/aromatic N) is 4. The molecule has 3 rings (SSSR count). The second-order valence-corrected chi connectivity index (χ2v) is 3.66. The number of rotatable bonds is 3. The van der Waals surface area contributed by atoms with Crippen LogP contribution in [0.2, 0.25) is 0 Å². The standard InChI is InChI=1S/C12H11N5/c1-5-13-6-2-10(1)9-14-11-4-8-17-12(16-11)3-7-15-17/h1-8H,9H2,(H,14,16). The van der Waals surface area contributed by atoms with Gasteiger partial charge in [0.15, 0.2) is 5.65 Å². The van der Waals surface area contributed by atoms with Crippen LogP contribution < -0.4 is 5.32 Å². The average Bonchev–Trinajstić information content (AvgIpc) is 2.85. The number of nitrogens with one attached hydrogen (secondary N) is 1. The van der Waals surface area contributed by atoms with Gasteiger partial charge in [0, 0.05) is 31.2 Å². The first-order chi connectivity index (χ1) is 8.42. The first-order valence-electron chi connectivity index (χ1n) is 5.35. The maximum atomic E-state index is 4.42. The number of hydrogen-bond acceptors (Lipinski definition) is 4. The number of fused-ring (bicyclic) bond motifs is 1. The third-order valence-electron chi connectivity index (χ3n) is 2.48. The van der Waals surface area contributed by atoms with Crippen LogP contribution in [0.15, 0.2) is 49.1 Å². The minimum atomic E-state index is 0.736. The van der Waals surface area contributed by atoms with Gasteiger partial charge in [0.05, 0.1) is 6.20 Å². The molecule has 0 aromatic carbocycles. The molecule has 0 bridgehead atoms. The number of pyridine rings is 1. The van der Waals surface area contributed by atoms with E-state index in [1.807, 2.05) is 30.5 Å². The molecule has 17 heavy (non-hydrogen) atoms. The number of aromatic nitrogens is 4. The molecule has 0 amide bonds. The first kappa shape index (κ1) is 9.77. The molecule has 0 spiro atoms. The fraction of sp³-hybridized carbons (Fsp3) is 0.0833. The van der Waals surface area contributed by atoms with Gasteiger partial charge in [-0.1, -0.05) is 0 Å². The lowest BCUT2D eigenvalue weighted by molar-refractivity contribution is 0.936. The molecular formula is C12H11N5. The highest BCUT2D eigenvalue weighted by molar-refractivity contribution is 5.45. The lowest BCUT2D eigenvalue weighted by Crippen LogP contribution is -2.02. The van der Waals surface area contributed by atoms with E-state index in [0.29, 0.717) is 0 Å². The molecule has 0 unspecified atom stereocenters. The van der Waals surface area contributed by atoms with Gasteiger partial charge >= 0.3 is 0 Å². The van der Waals surface area contributed by atoms with Crippen LogP contribution in [0.4, 0.5) is 5.82 Å². The maximum Gasteiger partial charge on any atom is 0.157 e. The summed E-state index contributed by atoms with van der Waals surface area (Å²) in [4.78, 5) is 8.40. The molecule has 0 aliphatic carbocycles. The van der Waals surface area contributed by atoms with Crippen LogP contribution in [0.3, 0.4) is 0 Å². The van der Waals surface area contributed by atoms with Crippen LogP contribution in [-0.2, 0) is 6.54 Å². The molecule has 5 heteroatoms. The number of hydrogen-bond donors (Lipinski definition) is 1. The summed E-state index contributed by atoms with van der Waals surface area (Å²) in [6, 6.07) is 7.73. The Kier molecular flexibility index (Phi) is 2.42. The van der Waals surface area contributed by atoms with Crippen LogP contribution in [-0.4, -0.2) is 19.6 Å². The molecule has 84 valence electrons. The molecule has 5 nitrogen and oxygen atoms in total. The molecule has 0 saturated carbocycles. The summed E-state index contributed by atoms with van der Waals surface area (Å²) in [5.41, 5.74) is 2.01. The fourth-order valence-electron chi connectivity index (χ4n) is 1.60. The third kappa shape index (κ3) is 2.08. The lowest BCUT2D eigenvalue weighted by Gasteiger charge is -2.05. The largest absolute Gasteiger partial charge is 0.366 e. The van der Waals surface area contributed by atoms with E-state index in [0.717, 1.165) is 18.0 Å². The SMILES string of the molecule is c1cc(CNc2ccn3nccc3n2)ccn1. The van der Waals surface area contributed by atoms with Crippen molar-refractivity contribution in [3.8, 4) is 0 Å². The predicted molar refractivity (Wildman–Crippen MR) is 64.6 cm³/mol. The summed E-state index contributed by atoms with van der Waals surface area (Å²) < 4.78 is 1.73. The first-order valence-corrected chi connectivity index (χ1v) is 5.35. The zero-order chi connectivity index (χ0) is 11.5. The second kappa shape index (κ2) is 4.21. The van der Waals surface area contributed by atoms with E-state index in [4.69, 9.17) is 0 Å². The normalized spacial score (nSPS) is 10.6. The summed E-state index contributed by atoms with van der Waals surface area (Å²) in [6.07, 6.45) is 7.18. The monoisotopic (exact) mass is 225 g/mol. The van der Waals surface area contributed by atoms with Crippen molar-refractivity contribution in [2.75, 3.05) is 5.32 Å². The van der Waals surface area contributed by atoms with Gasteiger partial charge in [0.2, 0.25) is 0 Å². The van der Waals surface area contributed by atoms with E-state index in [1.165, 1.54) is 5.56 Å². The van der Waals surface area contributed by atoms with E-state index >= 15 is 0 Å². The minimum Gasteiger partial charge on any atom is -0.366 e. The van der Waals surface area contributed by atoms with E-state index < -0.39 is 0 Å². The quantitative estimate of drug-likeness (QED) is 0.737. The van der Waals surface area contributed by atoms with Gasteiger partial charge in [-0.05, 0) is 23.8 Å². The Hall–Kier alpha value is -2.43. The molecule has 0 radical (unpaired) electrons. The van der Waals surface area contributed by atoms with Gasteiger partial charge in [-0.25, -0.2) is 9.50 Å². The molecule has 3 aromatic heterocycles. The summed E-state index contributed by atoms with van der Waals surface area (Å²) in [6.45, 7) is 0.736. The summed E-state index contributed by atoms with van der Waals surface area (Å²) in [5.74, 6) is 0.842. The molecule has 0 aliphatic heterocycles. The van der Waals surface area contributed by atoms with Gasteiger partial charge in [0.25, 0.3) is 0 Å². The molecule has 0 saturated heterocycles. The average molecular weight is 225 g/mol. The smallest absolute Gasteiger partial charge is 0.157 e. The predicted octanol–water partition coefficient (Wildman–Crippen LogP) is 1.74. The Morgan fingerprint density at radius 3 is 2.82 bits per heavy atom. The topological polar surface area (TPSA) is 55.1 Å². The van der Waals surface area contributed by atoms with Crippen LogP contribution >= 0.6 is 0 Å². The second-order valence-electron chi connectivity index (χ2n) is 3.66. The van der Waals surface area contributed by atoms with E-state index in [-0.39, 0.29) is 0 Å². The van der Waals surface area contributed by atoms with E-state index in [9.17, 15) is 0 Å². The zero-order valence-electron chi connectivity index (χ0n) is 9.11. The van der Waals surface area contributed by atoms with Gasteiger partial charge in [-0.2, -0.15) is 5.10 Å². The van der Waals surface area contributed by atoms with E-state index in [1.54, 1.807) is 23.1 Å². The number of anilines is 1. The van der Waals surface area contributed by atoms with Crippen LogP contribution in [0, 0.1) is 0 Å². The molecule has 0 fully saturated rings. The zero-order valence-corrected chi connectivity index (χ0v) is 9.11. The Bertz CT molecular complexity index is 617. The Labute approximate surface area is 98.1 Å². The summed E-state index contributed by atoms with van der Waals surface area (Å²) in [7, 11) is 0. The van der Waals surface area contributed by atoms with Crippen molar-refractivity contribution in [3.63, 3.8) is 0 Å². The lowest BCUT2D eigenvalue weighted by atomic mass is 10.3. The highest BCUT2D eigenvalue weighted by Gasteiger charge is 1.98. The maximum absolute atomic E-state index is 4.42. The Balaban J connectivity index is 1.76. The van der Waals surface area contributed by atoms with Crippen molar-refractivity contribution < 1.29 is 0 Å². The molecule has 3 aromatic rings. The Morgan fingerprint density at radius 1 is 1.06 bits per heavy atom. The van der Waals surface area contributed by atoms with Crippen molar-refractivity contribution in [2.45, 2.75) is 6.54 Å². The highest BCUT2D eigenvalue weighted by Crippen LogP contribution is 2.07. The Morgan fingerprint density at radius 2 is 1.94 bits per heavy atom. The van der Waals surface area contributed by atoms with Crippen molar-refractivity contribution >= 4 is 11.5 Å². The molecule has 3 heterocycles. The molecule has 1 N–H and O–H groups in total. The van der Waals surface area contributed by atoms with Gasteiger partial charge in [-0.3, -0.25) is 4.98 Å². The summed E-state index contributed by atoms with van der Waals surface area (Å²) in [5, 5.41) is 7.36. The fourth-order valence-corrected chi connectivity index (χ4v) is 1.60. The minimum absolute atomic E-state index is 0.736. The van der Waals surface area contributed by atoms with Gasteiger partial charge < -0.3 is 5.32 Å². The van der Waals surface area contributed by atoms with Crippen molar-refractivity contribution in [2.24, 2.45) is 0 Å². The molecular weight excluding hydrogens is 214 g/mol. The molecule has 0 atom stereocenters. The van der Waals surface area contributed by atoms with Crippen molar-refractivity contribution in [1.82, 2.24) is 19.6 Å². The third-order valence-corrected chi connectivity index (χ3v) is 2.48. The molecule has 0 aliphatic rings. The highest BCUT2D eigenvalue weighted by atomic mass is 15.2. The van der Waals surface area contributed by atoms with Crippen molar-refractivity contribution in [1.29, 1.82) is 0 Å². The van der Waals surface area contributed by atoms with Crippen molar-refractivity contribution in [3.05, 3.63) is 54.6 Å². The van der Waals surface area contributed by atoms with Gasteiger partial charge in [0.1, 0.15) is 5.82 Å². The van der Waals surface area contributed by atoms with Crippen LogP contribution in [0.1, 0.15) is 5.56 Å². The summed E-state index contributed by atoms with van der Waals surface area (Å²) >= 11 is 0. The van der Waals surface area contributed by atoms with Crippen LogP contribution in [0.5, 0.6) is 0 Å². The van der Waals surface area contributed by atoms with E-state index in [2.05, 4.69) is 20.4 Å². The van der Waals surface area contributed by atoms with Gasteiger partial charge in [-0.15, -0.1) is 0 Å².